The minimum atomic E-state index is -3.89. The molecule has 40 heavy (non-hydrogen) atoms. The third-order valence-corrected chi connectivity index (χ3v) is 7.66. The summed E-state index contributed by atoms with van der Waals surface area (Å²) in [6.07, 6.45) is 1.69. The van der Waals surface area contributed by atoms with Crippen molar-refractivity contribution in [2.24, 2.45) is 0 Å². The molecule has 0 saturated heterocycles. The Labute approximate surface area is 235 Å². The van der Waals surface area contributed by atoms with Crippen LogP contribution in [0.25, 0.3) is 0 Å². The van der Waals surface area contributed by atoms with Gasteiger partial charge in [-0.05, 0) is 56.2 Å². The van der Waals surface area contributed by atoms with Gasteiger partial charge in [0, 0.05) is 18.2 Å². The molecule has 8 nitrogen and oxygen atoms in total. The molecule has 3 aromatic rings. The summed E-state index contributed by atoms with van der Waals surface area (Å²) in [6.45, 7) is 4.87. The Morgan fingerprint density at radius 3 is 2.17 bits per heavy atom. The minimum absolute atomic E-state index is 0.129. The molecule has 3 aromatic carbocycles. The fourth-order valence-electron chi connectivity index (χ4n) is 3.92. The zero-order chi connectivity index (χ0) is 29.3. The summed E-state index contributed by atoms with van der Waals surface area (Å²) in [4.78, 5) is 27.8. The predicted octanol–water partition coefficient (Wildman–Crippen LogP) is 4.50. The van der Waals surface area contributed by atoms with Gasteiger partial charge in [0.2, 0.25) is 21.8 Å². The van der Waals surface area contributed by atoms with Crippen LogP contribution in [0.3, 0.4) is 0 Å². The van der Waals surface area contributed by atoms with E-state index < -0.39 is 40.2 Å². The molecule has 3 rings (SSSR count). The average Bonchev–Trinajstić information content (AvgIpc) is 2.94. The molecule has 2 amide bonds. The molecule has 0 radical (unpaired) electrons. The van der Waals surface area contributed by atoms with Gasteiger partial charge >= 0.3 is 0 Å². The number of ether oxygens (including phenoxy) is 1. The first-order valence-corrected chi connectivity index (χ1v) is 14.9. The van der Waals surface area contributed by atoms with E-state index in [9.17, 15) is 22.4 Å². The van der Waals surface area contributed by atoms with Gasteiger partial charge in [-0.25, -0.2) is 12.8 Å². The number of amides is 2. The van der Waals surface area contributed by atoms with Gasteiger partial charge in [-0.1, -0.05) is 55.5 Å². The number of carbonyl (C=O) groups is 2. The smallest absolute Gasteiger partial charge is 0.244 e. The van der Waals surface area contributed by atoms with Crippen LogP contribution in [-0.2, 0) is 32.8 Å². The first-order chi connectivity index (χ1) is 19.0. The Balaban J connectivity index is 1.83. The zero-order valence-electron chi connectivity index (χ0n) is 23.2. The van der Waals surface area contributed by atoms with E-state index >= 15 is 0 Å². The summed E-state index contributed by atoms with van der Waals surface area (Å²) >= 11 is 0. The van der Waals surface area contributed by atoms with Crippen molar-refractivity contribution in [3.05, 3.63) is 95.8 Å². The summed E-state index contributed by atoms with van der Waals surface area (Å²) in [5.41, 5.74) is 1.45. The zero-order valence-corrected chi connectivity index (χ0v) is 24.0. The Morgan fingerprint density at radius 1 is 0.950 bits per heavy atom. The van der Waals surface area contributed by atoms with Gasteiger partial charge < -0.3 is 15.0 Å². The lowest BCUT2D eigenvalue weighted by Gasteiger charge is -2.32. The summed E-state index contributed by atoms with van der Waals surface area (Å²) in [5.74, 6) is -1.06. The van der Waals surface area contributed by atoms with Crippen molar-refractivity contribution < 1.29 is 27.1 Å². The standard InChI is InChI=1S/C30H36FN3O5S/c1-5-22(2)32-30(36)23(3)33(19-25-13-9-10-14-28(25)31)29(35)20-34(40(4,37)38)26-15-17-27(18-16-26)39-21-24-11-7-6-8-12-24/h6-18,22-23H,5,19-21H2,1-4H3,(H,32,36)/t22-,23-/m0/s1. The van der Waals surface area contributed by atoms with E-state index in [1.54, 1.807) is 37.3 Å². The monoisotopic (exact) mass is 569 g/mol. The van der Waals surface area contributed by atoms with Crippen molar-refractivity contribution in [1.82, 2.24) is 10.2 Å². The largest absolute Gasteiger partial charge is 0.489 e. The lowest BCUT2D eigenvalue weighted by Crippen LogP contribution is -2.52. The molecule has 0 heterocycles. The van der Waals surface area contributed by atoms with Crippen molar-refractivity contribution in [2.45, 2.75) is 52.4 Å². The Hall–Kier alpha value is -3.92. The van der Waals surface area contributed by atoms with E-state index in [0.717, 1.165) is 16.1 Å². The molecule has 10 heteroatoms. The van der Waals surface area contributed by atoms with Crippen molar-refractivity contribution in [1.29, 1.82) is 0 Å². The summed E-state index contributed by atoms with van der Waals surface area (Å²) in [5, 5.41) is 2.84. The van der Waals surface area contributed by atoms with Crippen LogP contribution in [0.5, 0.6) is 5.75 Å². The Bertz CT molecular complexity index is 1380. The average molecular weight is 570 g/mol. The van der Waals surface area contributed by atoms with Crippen molar-refractivity contribution in [2.75, 3.05) is 17.1 Å². The van der Waals surface area contributed by atoms with E-state index in [1.807, 2.05) is 44.2 Å². The number of rotatable bonds is 13. The topological polar surface area (TPSA) is 96.0 Å². The first kappa shape index (κ1) is 30.6. The molecular formula is C30H36FN3O5S. The molecule has 0 aliphatic rings. The molecule has 214 valence electrons. The minimum Gasteiger partial charge on any atom is -0.489 e. The fraction of sp³-hybridized carbons (Fsp3) is 0.333. The maximum Gasteiger partial charge on any atom is 0.244 e. The molecule has 0 spiro atoms. The highest BCUT2D eigenvalue weighted by atomic mass is 32.2. The first-order valence-electron chi connectivity index (χ1n) is 13.1. The lowest BCUT2D eigenvalue weighted by molar-refractivity contribution is -0.139. The van der Waals surface area contributed by atoms with Crippen LogP contribution in [0, 0.1) is 5.82 Å². The van der Waals surface area contributed by atoms with Crippen LogP contribution >= 0.6 is 0 Å². The number of halogens is 1. The van der Waals surface area contributed by atoms with E-state index in [2.05, 4.69) is 5.32 Å². The van der Waals surface area contributed by atoms with E-state index in [0.29, 0.717) is 18.8 Å². The van der Waals surface area contributed by atoms with Gasteiger partial charge in [-0.2, -0.15) is 0 Å². The van der Waals surface area contributed by atoms with Crippen molar-refractivity contribution >= 4 is 27.5 Å². The predicted molar refractivity (Wildman–Crippen MR) is 154 cm³/mol. The molecule has 0 bridgehead atoms. The number of sulfonamides is 1. The number of nitrogens with one attached hydrogen (secondary N) is 1. The molecule has 0 aliphatic carbocycles. The van der Waals surface area contributed by atoms with Crippen LogP contribution in [0.1, 0.15) is 38.3 Å². The van der Waals surface area contributed by atoms with Crippen LogP contribution in [0.15, 0.2) is 78.9 Å². The normalized spacial score (nSPS) is 12.7. The van der Waals surface area contributed by atoms with Crippen molar-refractivity contribution in [3.8, 4) is 5.75 Å². The summed E-state index contributed by atoms with van der Waals surface area (Å²) in [7, 11) is -3.89. The number of nitrogens with zero attached hydrogens (tertiary/aromatic N) is 2. The molecule has 0 unspecified atom stereocenters. The molecule has 0 aliphatic heterocycles. The molecule has 0 fully saturated rings. The van der Waals surface area contributed by atoms with Crippen LogP contribution < -0.4 is 14.4 Å². The highest BCUT2D eigenvalue weighted by molar-refractivity contribution is 7.92. The van der Waals surface area contributed by atoms with Crippen LogP contribution in [0.4, 0.5) is 10.1 Å². The fourth-order valence-corrected chi connectivity index (χ4v) is 4.77. The third kappa shape index (κ3) is 8.54. The lowest BCUT2D eigenvalue weighted by atomic mass is 10.1. The highest BCUT2D eigenvalue weighted by Gasteiger charge is 2.31. The maximum absolute atomic E-state index is 14.5. The Morgan fingerprint density at radius 2 is 1.57 bits per heavy atom. The second-order valence-corrected chi connectivity index (χ2v) is 11.6. The Kier molecular flexibility index (Phi) is 10.7. The quantitative estimate of drug-likeness (QED) is 0.327. The van der Waals surface area contributed by atoms with Crippen LogP contribution in [-0.4, -0.2) is 50.0 Å². The van der Waals surface area contributed by atoms with E-state index in [1.165, 1.54) is 23.1 Å². The maximum atomic E-state index is 14.5. The SMILES string of the molecule is CC[C@H](C)NC(=O)[C@H](C)N(Cc1ccccc1F)C(=O)CN(c1ccc(OCc2ccccc2)cc1)S(C)(=O)=O. The number of anilines is 1. The van der Waals surface area contributed by atoms with E-state index in [-0.39, 0.29) is 23.8 Å². The second kappa shape index (κ2) is 13.9. The number of benzene rings is 3. The van der Waals surface area contributed by atoms with Gasteiger partial charge in [0.15, 0.2) is 0 Å². The number of hydrogen-bond donors (Lipinski definition) is 1. The third-order valence-electron chi connectivity index (χ3n) is 6.52. The second-order valence-electron chi connectivity index (χ2n) is 9.64. The molecule has 1 N–H and O–H groups in total. The van der Waals surface area contributed by atoms with E-state index in [4.69, 9.17) is 4.74 Å². The number of hydrogen-bond acceptors (Lipinski definition) is 5. The van der Waals surface area contributed by atoms with Gasteiger partial charge in [0.25, 0.3) is 0 Å². The highest BCUT2D eigenvalue weighted by Crippen LogP contribution is 2.23. The molecule has 0 aromatic heterocycles. The molecule has 2 atom stereocenters. The van der Waals surface area contributed by atoms with Crippen LogP contribution in [0.2, 0.25) is 0 Å². The van der Waals surface area contributed by atoms with Gasteiger partial charge in [0.05, 0.1) is 11.9 Å². The molecule has 0 saturated carbocycles. The van der Waals surface area contributed by atoms with Gasteiger partial charge in [-0.3, -0.25) is 13.9 Å². The summed E-state index contributed by atoms with van der Waals surface area (Å²) < 4.78 is 46.8. The molecular weight excluding hydrogens is 533 g/mol. The number of carbonyl (C=O) groups excluding carboxylic acids is 2. The van der Waals surface area contributed by atoms with Gasteiger partial charge in [-0.15, -0.1) is 0 Å². The summed E-state index contributed by atoms with van der Waals surface area (Å²) in [6, 6.07) is 20.8. The van der Waals surface area contributed by atoms with Crippen molar-refractivity contribution in [3.63, 3.8) is 0 Å². The van der Waals surface area contributed by atoms with Gasteiger partial charge in [0.1, 0.15) is 30.8 Å².